The van der Waals surface area contributed by atoms with E-state index in [1.165, 1.54) is 18.4 Å². The molecule has 0 bridgehead atoms. The molecule has 2 heterocycles. The van der Waals surface area contributed by atoms with Crippen LogP contribution in [0.2, 0.25) is 0 Å². The third-order valence-corrected chi connectivity index (χ3v) is 5.96. The molecule has 0 spiro atoms. The third kappa shape index (κ3) is 6.43. The lowest BCUT2D eigenvalue weighted by molar-refractivity contribution is -0.137. The number of ether oxygens (including phenoxy) is 3. The Bertz CT molecular complexity index is 1190. The minimum atomic E-state index is -4.62. The molecule has 0 aliphatic carbocycles. The van der Waals surface area contributed by atoms with Gasteiger partial charge >= 0.3 is 6.18 Å². The normalized spacial score (nSPS) is 13.4. The Hall–Kier alpha value is -2.76. The Labute approximate surface area is 198 Å². The molecule has 0 N–H and O–H groups in total. The zero-order valence-corrected chi connectivity index (χ0v) is 19.9. The largest absolute Gasteiger partial charge is 0.490 e. The molecule has 0 fully saturated rings. The van der Waals surface area contributed by atoms with Crippen molar-refractivity contribution < 1.29 is 32.2 Å². The first-order valence-corrected chi connectivity index (χ1v) is 11.5. The predicted molar refractivity (Wildman–Crippen MR) is 122 cm³/mol. The summed E-state index contributed by atoms with van der Waals surface area (Å²) in [7, 11) is 1.47. The van der Waals surface area contributed by atoms with Gasteiger partial charge in [0.05, 0.1) is 33.6 Å². The maximum atomic E-state index is 13.4. The van der Waals surface area contributed by atoms with E-state index in [-0.39, 0.29) is 24.7 Å². The van der Waals surface area contributed by atoms with E-state index in [1.54, 1.807) is 19.3 Å². The molecule has 7 nitrogen and oxygen atoms in total. The summed E-state index contributed by atoms with van der Waals surface area (Å²) < 4.78 is 58.6. The Morgan fingerprint density at radius 1 is 1.29 bits per heavy atom. The topological polar surface area (TPSA) is 74.9 Å². The van der Waals surface area contributed by atoms with Gasteiger partial charge in [0.1, 0.15) is 19.1 Å². The van der Waals surface area contributed by atoms with Gasteiger partial charge in [0.15, 0.2) is 4.80 Å². The number of nitrogens with zero attached hydrogens (tertiary/aromatic N) is 3. The van der Waals surface area contributed by atoms with Crippen molar-refractivity contribution in [3.8, 4) is 5.75 Å². The Balaban J connectivity index is 2.01. The number of amides is 1. The highest BCUT2D eigenvalue weighted by molar-refractivity contribution is 7.16. The highest BCUT2D eigenvalue weighted by Crippen LogP contribution is 2.33. The summed E-state index contributed by atoms with van der Waals surface area (Å²) in [5.41, 5.74) is -0.412. The lowest BCUT2D eigenvalue weighted by Gasteiger charge is -2.16. The first kappa shape index (κ1) is 25.9. The molecule has 0 unspecified atom stereocenters. The number of hydrogen-bond acceptors (Lipinski definition) is 6. The molecule has 1 aromatic carbocycles. The molecule has 3 aromatic rings. The molecule has 0 aliphatic heterocycles. The van der Waals surface area contributed by atoms with Gasteiger partial charge in [-0.3, -0.25) is 9.78 Å². The number of carbonyl (C=O) groups is 1. The van der Waals surface area contributed by atoms with Crippen molar-refractivity contribution in [3.05, 3.63) is 52.6 Å². The monoisotopic (exact) mass is 497 g/mol. The highest BCUT2D eigenvalue weighted by atomic mass is 32.1. The van der Waals surface area contributed by atoms with Crippen molar-refractivity contribution in [2.75, 3.05) is 20.5 Å². The lowest BCUT2D eigenvalue weighted by atomic mass is 10.1. The quantitative estimate of drug-likeness (QED) is 0.367. The summed E-state index contributed by atoms with van der Waals surface area (Å²) in [5.74, 6) is -0.825. The fourth-order valence-corrected chi connectivity index (χ4v) is 4.14. The zero-order valence-electron chi connectivity index (χ0n) is 19.1. The van der Waals surface area contributed by atoms with Crippen molar-refractivity contribution in [1.82, 2.24) is 9.55 Å². The van der Waals surface area contributed by atoms with Crippen LogP contribution in [0.25, 0.3) is 10.2 Å². The van der Waals surface area contributed by atoms with Crippen molar-refractivity contribution in [1.29, 1.82) is 0 Å². The SMILES string of the molecule is CCCCn1c(=NC(=O)c2cc(C(F)(F)F)ccc2OC[C@H](C)OCOC)sc2ccncc21. The molecule has 2 aromatic heterocycles. The standard InChI is InChI=1S/C23H26F3N3O4S/c1-4-5-10-29-18-12-27-9-8-20(18)34-22(29)28-21(30)17-11-16(23(24,25)26)6-7-19(17)32-13-15(2)33-14-31-3/h6-9,11-12,15H,4-5,10,13-14H2,1-3H3/t15-/m0/s1. The molecule has 184 valence electrons. The number of carbonyl (C=O) groups excluding carboxylic acids is 1. The fraction of sp³-hybridized carbons (Fsp3) is 0.435. The van der Waals surface area contributed by atoms with E-state index < -0.39 is 23.8 Å². The van der Waals surface area contributed by atoms with Crippen LogP contribution >= 0.6 is 11.3 Å². The number of alkyl halides is 3. The number of pyridine rings is 1. The van der Waals surface area contributed by atoms with Crippen LogP contribution in [-0.2, 0) is 22.2 Å². The Morgan fingerprint density at radius 2 is 2.09 bits per heavy atom. The number of aryl methyl sites for hydroxylation is 1. The average molecular weight is 498 g/mol. The molecule has 0 saturated heterocycles. The number of unbranched alkanes of at least 4 members (excludes halogenated alkanes) is 1. The highest BCUT2D eigenvalue weighted by Gasteiger charge is 2.32. The summed E-state index contributed by atoms with van der Waals surface area (Å²) >= 11 is 1.28. The summed E-state index contributed by atoms with van der Waals surface area (Å²) in [6.45, 7) is 4.42. The number of aromatic nitrogens is 2. The van der Waals surface area contributed by atoms with E-state index >= 15 is 0 Å². The second-order valence-electron chi connectivity index (χ2n) is 7.55. The van der Waals surface area contributed by atoms with Crippen molar-refractivity contribution in [3.63, 3.8) is 0 Å². The second-order valence-corrected chi connectivity index (χ2v) is 8.56. The van der Waals surface area contributed by atoms with E-state index in [4.69, 9.17) is 14.2 Å². The van der Waals surface area contributed by atoms with Crippen LogP contribution in [0.1, 0.15) is 42.6 Å². The average Bonchev–Trinajstić information content (AvgIpc) is 3.15. The summed E-state index contributed by atoms with van der Waals surface area (Å²) in [4.78, 5) is 21.9. The Morgan fingerprint density at radius 3 is 2.79 bits per heavy atom. The number of fused-ring (bicyclic) bond motifs is 1. The minimum absolute atomic E-state index is 0.00231. The second kappa shape index (κ2) is 11.6. The number of hydrogen-bond donors (Lipinski definition) is 0. The van der Waals surface area contributed by atoms with Gasteiger partial charge in [-0.1, -0.05) is 24.7 Å². The van der Waals surface area contributed by atoms with Gasteiger partial charge in [-0.25, -0.2) is 0 Å². The van der Waals surface area contributed by atoms with E-state index in [1.807, 2.05) is 17.6 Å². The zero-order chi connectivity index (χ0) is 24.7. The fourth-order valence-electron chi connectivity index (χ4n) is 3.12. The number of benzene rings is 1. The number of thiazole rings is 1. The lowest BCUT2D eigenvalue weighted by Crippen LogP contribution is -2.21. The van der Waals surface area contributed by atoms with Gasteiger partial charge in [0.2, 0.25) is 0 Å². The third-order valence-electron chi connectivity index (χ3n) is 4.90. The molecule has 1 amide bonds. The van der Waals surface area contributed by atoms with Crippen LogP contribution in [0, 0.1) is 0 Å². The number of methoxy groups -OCH3 is 1. The number of halogens is 3. The van der Waals surface area contributed by atoms with Crippen molar-refractivity contribution in [2.45, 2.75) is 45.5 Å². The molecule has 0 saturated carbocycles. The van der Waals surface area contributed by atoms with Gasteiger partial charge in [-0.15, -0.1) is 0 Å². The van der Waals surface area contributed by atoms with Gasteiger partial charge in [0.25, 0.3) is 5.91 Å². The van der Waals surface area contributed by atoms with Crippen molar-refractivity contribution >= 4 is 27.5 Å². The van der Waals surface area contributed by atoms with E-state index in [0.717, 1.165) is 41.3 Å². The van der Waals surface area contributed by atoms with Crippen LogP contribution in [0.15, 0.2) is 41.7 Å². The molecule has 0 radical (unpaired) electrons. The van der Waals surface area contributed by atoms with E-state index in [2.05, 4.69) is 9.98 Å². The molecule has 1 atom stereocenters. The van der Waals surface area contributed by atoms with E-state index in [0.29, 0.717) is 11.3 Å². The molecule has 11 heteroatoms. The number of rotatable bonds is 10. The predicted octanol–water partition coefficient (Wildman–Crippen LogP) is 5.05. The molecular weight excluding hydrogens is 471 g/mol. The van der Waals surface area contributed by atoms with Gasteiger partial charge < -0.3 is 18.8 Å². The Kier molecular flexibility index (Phi) is 8.81. The maximum absolute atomic E-state index is 13.4. The van der Waals surface area contributed by atoms with Crippen LogP contribution in [-0.4, -0.2) is 42.1 Å². The van der Waals surface area contributed by atoms with Crippen LogP contribution in [0.4, 0.5) is 13.2 Å². The van der Waals surface area contributed by atoms with Crippen LogP contribution < -0.4 is 9.54 Å². The molecule has 34 heavy (non-hydrogen) atoms. The smallest absolute Gasteiger partial charge is 0.416 e. The molecule has 3 rings (SSSR count). The first-order chi connectivity index (χ1) is 16.2. The van der Waals surface area contributed by atoms with Crippen LogP contribution in [0.3, 0.4) is 0 Å². The van der Waals surface area contributed by atoms with E-state index in [9.17, 15) is 18.0 Å². The van der Waals surface area contributed by atoms with Crippen molar-refractivity contribution in [2.24, 2.45) is 4.99 Å². The van der Waals surface area contributed by atoms with Crippen LogP contribution in [0.5, 0.6) is 5.75 Å². The molecular formula is C23H26F3N3O4S. The maximum Gasteiger partial charge on any atom is 0.416 e. The van der Waals surface area contributed by atoms with Gasteiger partial charge in [-0.05, 0) is 37.6 Å². The summed E-state index contributed by atoms with van der Waals surface area (Å²) in [6, 6.07) is 4.59. The first-order valence-electron chi connectivity index (χ1n) is 10.7. The molecule has 0 aliphatic rings. The summed E-state index contributed by atoms with van der Waals surface area (Å²) in [5, 5.41) is 0. The minimum Gasteiger partial charge on any atom is -0.490 e. The van der Waals surface area contributed by atoms with Gasteiger partial charge in [-0.2, -0.15) is 18.2 Å². The summed E-state index contributed by atoms with van der Waals surface area (Å²) in [6.07, 6.45) is 0.0678. The van der Waals surface area contributed by atoms with Gasteiger partial charge in [0, 0.05) is 19.9 Å².